The first-order valence-corrected chi connectivity index (χ1v) is 4.76. The predicted octanol–water partition coefficient (Wildman–Crippen LogP) is 1.54. The minimum Gasteiger partial charge on any atom is -0.398 e. The van der Waals surface area contributed by atoms with Crippen LogP contribution in [0, 0.1) is 17.7 Å². The first kappa shape index (κ1) is 14.3. The van der Waals surface area contributed by atoms with Crippen LogP contribution in [0.5, 0.6) is 0 Å². The minimum atomic E-state index is -0.505. The van der Waals surface area contributed by atoms with Crippen LogP contribution in [-0.2, 0) is 0 Å². The summed E-state index contributed by atoms with van der Waals surface area (Å²) in [5, 5.41) is 0. The molecule has 0 saturated carbocycles. The van der Waals surface area contributed by atoms with Gasteiger partial charge in [0.2, 0.25) is 0 Å². The van der Waals surface area contributed by atoms with Gasteiger partial charge in [-0.15, -0.1) is 5.92 Å². The van der Waals surface area contributed by atoms with Gasteiger partial charge in [0.15, 0.2) is 0 Å². The lowest BCUT2D eigenvalue weighted by Crippen LogP contribution is -1.99. The summed E-state index contributed by atoms with van der Waals surface area (Å²) in [5.41, 5.74) is 11.8. The van der Waals surface area contributed by atoms with Crippen LogP contribution in [-0.4, -0.2) is 26.0 Å². The summed E-state index contributed by atoms with van der Waals surface area (Å²) >= 11 is 0. The largest absolute Gasteiger partial charge is 0.398 e. The maximum atomic E-state index is 12.7. The van der Waals surface area contributed by atoms with E-state index in [0.717, 1.165) is 0 Å². The summed E-state index contributed by atoms with van der Waals surface area (Å²) in [6.45, 7) is 1.68. The Morgan fingerprint density at radius 3 is 2.06 bits per heavy atom. The van der Waals surface area contributed by atoms with Gasteiger partial charge in [0.1, 0.15) is 5.82 Å². The molecular formula is C12H18FN3. The molecule has 0 aromatic heterocycles. The number of hydrogen-bond donors (Lipinski definition) is 2. The third kappa shape index (κ3) is 5.23. The van der Waals surface area contributed by atoms with E-state index in [1.165, 1.54) is 12.1 Å². The molecule has 0 bridgehead atoms. The zero-order valence-electron chi connectivity index (χ0n) is 10.1. The predicted molar refractivity (Wildman–Crippen MR) is 67.4 cm³/mol. The van der Waals surface area contributed by atoms with Crippen molar-refractivity contribution in [2.75, 3.05) is 32.6 Å². The van der Waals surface area contributed by atoms with Gasteiger partial charge in [-0.25, -0.2) is 4.39 Å². The van der Waals surface area contributed by atoms with Gasteiger partial charge in [0.25, 0.3) is 0 Å². The van der Waals surface area contributed by atoms with E-state index in [0.29, 0.717) is 11.3 Å². The first-order chi connectivity index (χ1) is 7.38. The molecule has 0 aliphatic rings. The third-order valence-electron chi connectivity index (χ3n) is 1.43. The molecule has 0 heterocycles. The lowest BCUT2D eigenvalue weighted by molar-refractivity contribution is 0.505. The Morgan fingerprint density at radius 1 is 1.12 bits per heavy atom. The van der Waals surface area contributed by atoms with E-state index in [1.54, 1.807) is 6.92 Å². The Hall–Kier alpha value is -1.73. The van der Waals surface area contributed by atoms with Crippen LogP contribution < -0.4 is 11.5 Å². The fraction of sp³-hybridized carbons (Fsp3) is 0.333. The van der Waals surface area contributed by atoms with Crippen molar-refractivity contribution in [3.05, 3.63) is 23.5 Å². The van der Waals surface area contributed by atoms with Crippen molar-refractivity contribution in [1.29, 1.82) is 0 Å². The van der Waals surface area contributed by atoms with E-state index in [2.05, 4.69) is 11.8 Å². The monoisotopic (exact) mass is 223 g/mol. The summed E-state index contributed by atoms with van der Waals surface area (Å²) in [5.74, 6) is 4.88. The molecule has 0 amide bonds. The highest BCUT2D eigenvalue weighted by Crippen LogP contribution is 2.18. The number of benzene rings is 1. The average molecular weight is 223 g/mol. The van der Waals surface area contributed by atoms with Crippen molar-refractivity contribution >= 4 is 11.4 Å². The van der Waals surface area contributed by atoms with E-state index in [4.69, 9.17) is 11.5 Å². The minimum absolute atomic E-state index is 0.0713. The molecule has 0 saturated heterocycles. The molecule has 0 radical (unpaired) electrons. The molecule has 0 fully saturated rings. The topological polar surface area (TPSA) is 55.3 Å². The molecule has 88 valence electrons. The second-order valence-corrected chi connectivity index (χ2v) is 3.68. The summed E-state index contributed by atoms with van der Waals surface area (Å²) in [6, 6.07) is 2.61. The van der Waals surface area contributed by atoms with Crippen molar-refractivity contribution in [1.82, 2.24) is 4.90 Å². The normalized spacial score (nSPS) is 8.88. The van der Waals surface area contributed by atoms with E-state index in [-0.39, 0.29) is 5.69 Å². The number of anilines is 2. The van der Waals surface area contributed by atoms with Crippen molar-refractivity contribution < 1.29 is 4.39 Å². The van der Waals surface area contributed by atoms with Gasteiger partial charge in [-0.2, -0.15) is 0 Å². The highest BCUT2D eigenvalue weighted by atomic mass is 19.1. The Labute approximate surface area is 96.2 Å². The molecule has 4 heteroatoms. The highest BCUT2D eigenvalue weighted by Gasteiger charge is 2.02. The van der Waals surface area contributed by atoms with E-state index < -0.39 is 5.82 Å². The molecule has 1 rings (SSSR count). The smallest absolute Gasteiger partial charge is 0.148 e. The van der Waals surface area contributed by atoms with E-state index in [1.807, 2.05) is 26.0 Å². The lowest BCUT2D eigenvalue weighted by Gasteiger charge is -2.00. The quantitative estimate of drug-likeness (QED) is 0.518. The fourth-order valence-corrected chi connectivity index (χ4v) is 0.848. The van der Waals surface area contributed by atoms with Crippen LogP contribution in [0.1, 0.15) is 12.5 Å². The zero-order valence-corrected chi connectivity index (χ0v) is 10.1. The molecule has 0 spiro atoms. The van der Waals surface area contributed by atoms with Gasteiger partial charge in [0.05, 0.1) is 11.4 Å². The van der Waals surface area contributed by atoms with Crippen molar-refractivity contribution in [3.8, 4) is 11.8 Å². The number of halogens is 1. The van der Waals surface area contributed by atoms with Crippen LogP contribution in [0.25, 0.3) is 0 Å². The second kappa shape index (κ2) is 6.70. The molecule has 0 atom stereocenters. The average Bonchev–Trinajstić information content (AvgIpc) is 2.13. The third-order valence-corrected chi connectivity index (χ3v) is 1.43. The fourth-order valence-electron chi connectivity index (χ4n) is 0.848. The zero-order chi connectivity index (χ0) is 12.7. The van der Waals surface area contributed by atoms with Gasteiger partial charge in [-0.3, -0.25) is 0 Å². The van der Waals surface area contributed by atoms with Crippen LogP contribution in [0.4, 0.5) is 15.8 Å². The van der Waals surface area contributed by atoms with E-state index in [9.17, 15) is 4.39 Å². The number of nitrogens with zero attached hydrogens (tertiary/aromatic N) is 1. The number of nitrogen functional groups attached to an aromatic ring is 2. The first-order valence-electron chi connectivity index (χ1n) is 4.76. The number of hydrogen-bond acceptors (Lipinski definition) is 3. The van der Waals surface area contributed by atoms with Crippen molar-refractivity contribution in [2.45, 2.75) is 6.92 Å². The molecule has 1 aromatic rings. The Bertz CT molecular complexity index is 400. The summed E-state index contributed by atoms with van der Waals surface area (Å²) < 4.78 is 12.7. The molecule has 4 N–H and O–H groups in total. The maximum absolute atomic E-state index is 12.7. The van der Waals surface area contributed by atoms with Gasteiger partial charge in [-0.1, -0.05) is 5.92 Å². The van der Waals surface area contributed by atoms with Crippen LogP contribution >= 0.6 is 0 Å². The lowest BCUT2D eigenvalue weighted by atomic mass is 10.1. The summed E-state index contributed by atoms with van der Waals surface area (Å²) in [4.78, 5) is 2.00. The Kier molecular flexibility index (Phi) is 5.97. The van der Waals surface area contributed by atoms with Gasteiger partial charge in [-0.05, 0) is 34.1 Å². The highest BCUT2D eigenvalue weighted by molar-refractivity contribution is 5.62. The van der Waals surface area contributed by atoms with Gasteiger partial charge >= 0.3 is 0 Å². The van der Waals surface area contributed by atoms with Crippen LogP contribution in [0.2, 0.25) is 0 Å². The molecule has 0 unspecified atom stereocenters. The van der Waals surface area contributed by atoms with Gasteiger partial charge < -0.3 is 16.4 Å². The standard InChI is InChI=1S/C9H9FN2.C3H9N/c1-2-3-6-4-9(12)7(10)5-8(6)11;1-4(2)3/h4-5H,11-12H2,1H3;1-3H3. The van der Waals surface area contributed by atoms with Crippen molar-refractivity contribution in [2.24, 2.45) is 0 Å². The SMILES string of the molecule is CC#Cc1cc(N)c(F)cc1N.CN(C)C. The molecule has 1 aromatic carbocycles. The number of nitrogens with two attached hydrogens (primary N) is 2. The molecule has 16 heavy (non-hydrogen) atoms. The summed E-state index contributed by atoms with van der Waals surface area (Å²) in [7, 11) is 6.00. The van der Waals surface area contributed by atoms with Gasteiger partial charge in [0, 0.05) is 11.6 Å². The van der Waals surface area contributed by atoms with E-state index >= 15 is 0 Å². The van der Waals surface area contributed by atoms with Crippen LogP contribution in [0.3, 0.4) is 0 Å². The molecular weight excluding hydrogens is 205 g/mol. The van der Waals surface area contributed by atoms with Crippen LogP contribution in [0.15, 0.2) is 12.1 Å². The number of rotatable bonds is 0. The molecule has 0 aliphatic heterocycles. The molecule has 3 nitrogen and oxygen atoms in total. The Morgan fingerprint density at radius 2 is 1.62 bits per heavy atom. The maximum Gasteiger partial charge on any atom is 0.148 e. The second-order valence-electron chi connectivity index (χ2n) is 3.68. The van der Waals surface area contributed by atoms with Crippen molar-refractivity contribution in [3.63, 3.8) is 0 Å². The summed E-state index contributed by atoms with van der Waals surface area (Å²) in [6.07, 6.45) is 0. The molecule has 0 aliphatic carbocycles. The Balaban J connectivity index is 0.000000487.